The Hall–Kier alpha value is -3.15. The van der Waals surface area contributed by atoms with Crippen molar-refractivity contribution in [2.45, 2.75) is 38.1 Å². The smallest absolute Gasteiger partial charge is 0.246 e. The van der Waals surface area contributed by atoms with E-state index in [9.17, 15) is 22.0 Å². The summed E-state index contributed by atoms with van der Waals surface area (Å²) < 4.78 is 61.4. The third kappa shape index (κ3) is 4.90. The number of piperidine rings is 1. The first kappa shape index (κ1) is 25.5. The van der Waals surface area contributed by atoms with Crippen LogP contribution in [-0.4, -0.2) is 36.7 Å². The lowest BCUT2D eigenvalue weighted by atomic mass is 9.96. The number of thiazole rings is 1. The summed E-state index contributed by atoms with van der Waals surface area (Å²) in [5.74, 6) is -1.89. The van der Waals surface area contributed by atoms with Crippen molar-refractivity contribution in [2.24, 2.45) is 5.92 Å². The van der Waals surface area contributed by atoms with Crippen molar-refractivity contribution in [3.8, 4) is 0 Å². The highest BCUT2D eigenvalue weighted by atomic mass is 32.2. The Bertz CT molecular complexity index is 1520. The SMILES string of the molecule is Cc1ccc(C)c2sc(N(Cc3ccco3)C(=O)C3CCN(S(=O)(=O)c4cc(F)ccc4F)CC3)nc12. The molecule has 2 aromatic carbocycles. The molecule has 0 spiro atoms. The summed E-state index contributed by atoms with van der Waals surface area (Å²) >= 11 is 1.43. The molecule has 1 aliphatic heterocycles. The molecule has 194 valence electrons. The number of benzene rings is 2. The average molecular weight is 546 g/mol. The van der Waals surface area contributed by atoms with Crippen molar-refractivity contribution in [2.75, 3.05) is 18.0 Å². The second-order valence-corrected chi connectivity index (χ2v) is 12.0. The van der Waals surface area contributed by atoms with Gasteiger partial charge in [0.1, 0.15) is 22.3 Å². The van der Waals surface area contributed by atoms with Crippen LogP contribution in [0, 0.1) is 31.4 Å². The maximum Gasteiger partial charge on any atom is 0.246 e. The number of amides is 1. The molecule has 4 aromatic rings. The van der Waals surface area contributed by atoms with Crippen molar-refractivity contribution < 1.29 is 26.4 Å². The number of aromatic nitrogens is 1. The number of nitrogens with zero attached hydrogens (tertiary/aromatic N) is 3. The molecule has 0 radical (unpaired) electrons. The van der Waals surface area contributed by atoms with Gasteiger partial charge in [0, 0.05) is 19.0 Å². The molecular formula is C26H25F2N3O4S2. The molecule has 1 amide bonds. The van der Waals surface area contributed by atoms with E-state index in [0.29, 0.717) is 17.0 Å². The molecule has 3 heterocycles. The third-order valence-corrected chi connectivity index (χ3v) is 9.76. The third-order valence-electron chi connectivity index (χ3n) is 6.64. The number of halogens is 2. The minimum atomic E-state index is -4.24. The first-order chi connectivity index (χ1) is 17.6. The molecule has 2 aromatic heterocycles. The predicted molar refractivity (Wildman–Crippen MR) is 137 cm³/mol. The van der Waals surface area contributed by atoms with Gasteiger partial charge in [0.2, 0.25) is 15.9 Å². The van der Waals surface area contributed by atoms with E-state index in [0.717, 1.165) is 37.8 Å². The van der Waals surface area contributed by atoms with Gasteiger partial charge >= 0.3 is 0 Å². The van der Waals surface area contributed by atoms with Crippen LogP contribution in [0.2, 0.25) is 0 Å². The minimum absolute atomic E-state index is 0.0152. The van der Waals surface area contributed by atoms with Gasteiger partial charge in [0.15, 0.2) is 5.13 Å². The highest BCUT2D eigenvalue weighted by Crippen LogP contribution is 2.36. The number of sulfonamides is 1. The van der Waals surface area contributed by atoms with Gasteiger partial charge in [-0.2, -0.15) is 4.31 Å². The van der Waals surface area contributed by atoms with Gasteiger partial charge in [0.05, 0.1) is 23.0 Å². The van der Waals surface area contributed by atoms with Crippen LogP contribution in [-0.2, 0) is 21.4 Å². The van der Waals surface area contributed by atoms with Crippen LogP contribution in [0.25, 0.3) is 10.2 Å². The Morgan fingerprint density at radius 3 is 2.54 bits per heavy atom. The molecule has 1 saturated heterocycles. The lowest BCUT2D eigenvalue weighted by molar-refractivity contribution is -0.123. The van der Waals surface area contributed by atoms with Crippen molar-refractivity contribution in [3.63, 3.8) is 0 Å². The van der Waals surface area contributed by atoms with Crippen LogP contribution in [0.3, 0.4) is 0 Å². The second kappa shape index (κ2) is 9.96. The summed E-state index contributed by atoms with van der Waals surface area (Å²) in [6.07, 6.45) is 2.03. The summed E-state index contributed by atoms with van der Waals surface area (Å²) in [4.78, 5) is 19.5. The molecule has 0 unspecified atom stereocenters. The number of furan rings is 1. The molecule has 7 nitrogen and oxygen atoms in total. The maximum absolute atomic E-state index is 14.2. The number of rotatable bonds is 6. The molecule has 0 saturated carbocycles. The number of hydrogen-bond donors (Lipinski definition) is 0. The molecular weight excluding hydrogens is 520 g/mol. The Morgan fingerprint density at radius 1 is 1.14 bits per heavy atom. The van der Waals surface area contributed by atoms with Gasteiger partial charge in [-0.15, -0.1) is 0 Å². The fraction of sp³-hybridized carbons (Fsp3) is 0.308. The largest absolute Gasteiger partial charge is 0.467 e. The standard InChI is InChI=1S/C26H25F2N3O4S2/c1-16-5-6-17(2)24-23(16)29-26(36-24)31(15-20-4-3-13-35-20)25(32)18-9-11-30(12-10-18)37(33,34)22-14-19(27)7-8-21(22)28/h3-8,13-14,18H,9-12,15H2,1-2H3. The summed E-state index contributed by atoms with van der Waals surface area (Å²) in [5, 5.41) is 0.547. The lowest BCUT2D eigenvalue weighted by Gasteiger charge is -2.32. The fourth-order valence-electron chi connectivity index (χ4n) is 4.54. The Morgan fingerprint density at radius 2 is 1.86 bits per heavy atom. The van der Waals surface area contributed by atoms with Crippen molar-refractivity contribution in [1.29, 1.82) is 0 Å². The van der Waals surface area contributed by atoms with E-state index in [2.05, 4.69) is 0 Å². The second-order valence-electron chi connectivity index (χ2n) is 9.13. The Kier molecular flexibility index (Phi) is 6.86. The van der Waals surface area contributed by atoms with Crippen LogP contribution in [0.5, 0.6) is 0 Å². The van der Waals surface area contributed by atoms with Gasteiger partial charge in [-0.25, -0.2) is 22.2 Å². The molecule has 5 rings (SSSR count). The van der Waals surface area contributed by atoms with Gasteiger partial charge in [-0.05, 0) is 68.1 Å². The summed E-state index contributed by atoms with van der Waals surface area (Å²) in [6.45, 7) is 4.20. The first-order valence-corrected chi connectivity index (χ1v) is 14.1. The molecule has 37 heavy (non-hydrogen) atoms. The number of anilines is 1. The van der Waals surface area contributed by atoms with E-state index in [-0.39, 0.29) is 38.4 Å². The van der Waals surface area contributed by atoms with Crippen LogP contribution < -0.4 is 4.90 Å². The highest BCUT2D eigenvalue weighted by Gasteiger charge is 2.36. The molecule has 0 bridgehead atoms. The van der Waals surface area contributed by atoms with E-state index in [1.54, 1.807) is 23.3 Å². The fourth-order valence-corrected chi connectivity index (χ4v) is 7.20. The van der Waals surface area contributed by atoms with Gasteiger partial charge in [0.25, 0.3) is 0 Å². The van der Waals surface area contributed by atoms with E-state index < -0.39 is 32.5 Å². The number of hydrogen-bond acceptors (Lipinski definition) is 6. The average Bonchev–Trinajstić information content (AvgIpc) is 3.57. The van der Waals surface area contributed by atoms with Crippen molar-refractivity contribution in [1.82, 2.24) is 9.29 Å². The van der Waals surface area contributed by atoms with E-state index in [1.807, 2.05) is 26.0 Å². The topological polar surface area (TPSA) is 83.7 Å². The first-order valence-electron chi connectivity index (χ1n) is 11.8. The van der Waals surface area contributed by atoms with E-state index in [1.165, 1.54) is 11.3 Å². The maximum atomic E-state index is 14.2. The van der Waals surface area contributed by atoms with Gasteiger partial charge < -0.3 is 4.42 Å². The van der Waals surface area contributed by atoms with Crippen LogP contribution in [0.4, 0.5) is 13.9 Å². The molecule has 1 fully saturated rings. The number of carbonyl (C=O) groups excluding carboxylic acids is 1. The number of carbonyl (C=O) groups is 1. The zero-order chi connectivity index (χ0) is 26.3. The van der Waals surface area contributed by atoms with Crippen LogP contribution in [0.1, 0.15) is 29.7 Å². The lowest BCUT2D eigenvalue weighted by Crippen LogP contribution is -2.44. The molecule has 0 atom stereocenters. The molecule has 0 N–H and O–H groups in total. The van der Waals surface area contributed by atoms with Crippen molar-refractivity contribution >= 4 is 42.6 Å². The number of fused-ring (bicyclic) bond motifs is 1. The van der Waals surface area contributed by atoms with Crippen LogP contribution in [0.15, 0.2) is 58.0 Å². The van der Waals surface area contributed by atoms with E-state index in [4.69, 9.17) is 9.40 Å². The summed E-state index contributed by atoms with van der Waals surface area (Å²) in [7, 11) is -4.24. The monoisotopic (exact) mass is 545 g/mol. The van der Waals surface area contributed by atoms with Gasteiger partial charge in [-0.3, -0.25) is 9.69 Å². The molecule has 11 heteroatoms. The normalized spacial score (nSPS) is 15.4. The zero-order valence-electron chi connectivity index (χ0n) is 20.3. The van der Waals surface area contributed by atoms with Crippen LogP contribution >= 0.6 is 11.3 Å². The Labute approximate surface area is 217 Å². The van der Waals surface area contributed by atoms with E-state index >= 15 is 0 Å². The quantitative estimate of drug-likeness (QED) is 0.323. The number of aryl methyl sites for hydroxylation is 2. The molecule has 1 aliphatic rings. The summed E-state index contributed by atoms with van der Waals surface area (Å²) in [5.41, 5.74) is 2.92. The minimum Gasteiger partial charge on any atom is -0.467 e. The van der Waals surface area contributed by atoms with Crippen molar-refractivity contribution in [3.05, 3.63) is 77.2 Å². The zero-order valence-corrected chi connectivity index (χ0v) is 21.9. The highest BCUT2D eigenvalue weighted by molar-refractivity contribution is 7.89. The predicted octanol–water partition coefficient (Wildman–Crippen LogP) is 5.42. The molecule has 0 aliphatic carbocycles. The Balaban J connectivity index is 1.39. The summed E-state index contributed by atoms with van der Waals surface area (Å²) in [6, 6.07) is 9.91. The van der Waals surface area contributed by atoms with Gasteiger partial charge in [-0.1, -0.05) is 23.5 Å².